The number of methoxy groups -OCH3 is 1. The topological polar surface area (TPSA) is 68.3 Å². The Morgan fingerprint density at radius 2 is 1.85 bits per heavy atom. The maximum absolute atomic E-state index is 12.1. The standard InChI is InChI=1S/C14H14N2O3S/c1-8-12(15-9(2)20-8)13(17)16-11-6-4-10(5-7-11)14(18)19-3/h4-7H,1-3H3,(H,16,17). The zero-order valence-corrected chi connectivity index (χ0v) is 12.2. The summed E-state index contributed by atoms with van der Waals surface area (Å²) < 4.78 is 4.61. The van der Waals surface area contributed by atoms with Gasteiger partial charge in [-0.2, -0.15) is 0 Å². The molecule has 2 aromatic rings. The molecule has 5 nitrogen and oxygen atoms in total. The fourth-order valence-corrected chi connectivity index (χ4v) is 2.55. The van der Waals surface area contributed by atoms with Crippen molar-refractivity contribution < 1.29 is 14.3 Å². The molecule has 0 bridgehead atoms. The second kappa shape index (κ2) is 5.83. The number of esters is 1. The van der Waals surface area contributed by atoms with Crippen LogP contribution >= 0.6 is 11.3 Å². The van der Waals surface area contributed by atoms with Crippen LogP contribution in [0.2, 0.25) is 0 Å². The second-order valence-electron chi connectivity index (χ2n) is 4.16. The number of benzene rings is 1. The van der Waals surface area contributed by atoms with Crippen LogP contribution in [0.5, 0.6) is 0 Å². The summed E-state index contributed by atoms with van der Waals surface area (Å²) in [6, 6.07) is 6.50. The molecule has 1 aromatic carbocycles. The number of aryl methyl sites for hydroxylation is 2. The number of anilines is 1. The number of thiazole rings is 1. The van der Waals surface area contributed by atoms with Crippen LogP contribution in [-0.2, 0) is 4.74 Å². The number of rotatable bonds is 3. The number of carbonyl (C=O) groups is 2. The first kappa shape index (κ1) is 14.2. The van der Waals surface area contributed by atoms with E-state index in [-0.39, 0.29) is 5.91 Å². The molecule has 1 aromatic heterocycles. The Hall–Kier alpha value is -2.21. The fraction of sp³-hybridized carbons (Fsp3) is 0.214. The summed E-state index contributed by atoms with van der Waals surface area (Å²) in [5.74, 6) is -0.661. The highest BCUT2D eigenvalue weighted by Crippen LogP contribution is 2.18. The highest BCUT2D eigenvalue weighted by Gasteiger charge is 2.14. The Labute approximate surface area is 120 Å². The van der Waals surface area contributed by atoms with E-state index in [2.05, 4.69) is 15.0 Å². The molecule has 0 atom stereocenters. The Morgan fingerprint density at radius 3 is 2.35 bits per heavy atom. The lowest BCUT2D eigenvalue weighted by Gasteiger charge is -2.05. The summed E-state index contributed by atoms with van der Waals surface area (Å²) in [5, 5.41) is 3.60. The molecule has 0 saturated heterocycles. The van der Waals surface area contributed by atoms with Gasteiger partial charge in [0.15, 0.2) is 0 Å². The fourth-order valence-electron chi connectivity index (χ4n) is 1.74. The average Bonchev–Trinajstić information content (AvgIpc) is 2.78. The van der Waals surface area contributed by atoms with Crippen molar-refractivity contribution in [2.75, 3.05) is 12.4 Å². The number of amides is 1. The highest BCUT2D eigenvalue weighted by molar-refractivity contribution is 7.11. The van der Waals surface area contributed by atoms with Crippen molar-refractivity contribution in [1.82, 2.24) is 4.98 Å². The Kier molecular flexibility index (Phi) is 4.14. The molecule has 1 amide bonds. The molecule has 0 spiro atoms. The molecule has 0 aliphatic heterocycles. The van der Waals surface area contributed by atoms with Crippen molar-refractivity contribution in [3.8, 4) is 0 Å². The summed E-state index contributed by atoms with van der Waals surface area (Å²) in [6.07, 6.45) is 0. The third-order valence-electron chi connectivity index (χ3n) is 2.68. The van der Waals surface area contributed by atoms with Crippen LogP contribution < -0.4 is 5.32 Å². The van der Waals surface area contributed by atoms with Gasteiger partial charge >= 0.3 is 5.97 Å². The Balaban J connectivity index is 2.12. The van der Waals surface area contributed by atoms with Crippen LogP contribution in [0.3, 0.4) is 0 Å². The SMILES string of the molecule is COC(=O)c1ccc(NC(=O)c2nc(C)sc2C)cc1. The van der Waals surface area contributed by atoms with Crippen LogP contribution in [0.25, 0.3) is 0 Å². The summed E-state index contributed by atoms with van der Waals surface area (Å²) in [7, 11) is 1.32. The van der Waals surface area contributed by atoms with Gasteiger partial charge in [-0.3, -0.25) is 4.79 Å². The molecule has 6 heteroatoms. The Bertz CT molecular complexity index is 647. The average molecular weight is 290 g/mol. The summed E-state index contributed by atoms with van der Waals surface area (Å²) in [5.41, 5.74) is 1.48. The van der Waals surface area contributed by atoms with Gasteiger partial charge in [0.25, 0.3) is 5.91 Å². The summed E-state index contributed by atoms with van der Waals surface area (Å²) in [6.45, 7) is 3.72. The number of hydrogen-bond donors (Lipinski definition) is 1. The van der Waals surface area contributed by atoms with E-state index >= 15 is 0 Å². The van der Waals surface area contributed by atoms with Gasteiger partial charge in [-0.1, -0.05) is 0 Å². The third-order valence-corrected chi connectivity index (χ3v) is 3.57. The van der Waals surface area contributed by atoms with E-state index < -0.39 is 5.97 Å². The molecule has 0 fully saturated rings. The zero-order valence-electron chi connectivity index (χ0n) is 11.4. The van der Waals surface area contributed by atoms with Gasteiger partial charge in [-0.15, -0.1) is 11.3 Å². The van der Waals surface area contributed by atoms with Gasteiger partial charge in [0.1, 0.15) is 5.69 Å². The van der Waals surface area contributed by atoms with Gasteiger partial charge < -0.3 is 10.1 Å². The molecule has 1 heterocycles. The van der Waals surface area contributed by atoms with E-state index in [0.717, 1.165) is 9.88 Å². The monoisotopic (exact) mass is 290 g/mol. The maximum atomic E-state index is 12.1. The number of hydrogen-bond acceptors (Lipinski definition) is 5. The lowest BCUT2D eigenvalue weighted by molar-refractivity contribution is 0.0600. The number of nitrogens with one attached hydrogen (secondary N) is 1. The third kappa shape index (κ3) is 3.03. The first-order valence-corrected chi connectivity index (χ1v) is 6.76. The molecule has 20 heavy (non-hydrogen) atoms. The number of nitrogens with zero attached hydrogens (tertiary/aromatic N) is 1. The van der Waals surface area contributed by atoms with E-state index in [1.165, 1.54) is 18.4 Å². The normalized spacial score (nSPS) is 10.2. The van der Waals surface area contributed by atoms with E-state index in [1.807, 2.05) is 13.8 Å². The predicted octanol–water partition coefficient (Wildman–Crippen LogP) is 2.80. The van der Waals surface area contributed by atoms with Crippen LogP contribution in [0.1, 0.15) is 30.7 Å². The van der Waals surface area contributed by atoms with Crippen molar-refractivity contribution in [3.63, 3.8) is 0 Å². The second-order valence-corrected chi connectivity index (χ2v) is 5.57. The maximum Gasteiger partial charge on any atom is 0.337 e. The molecule has 0 aliphatic rings. The van der Waals surface area contributed by atoms with E-state index in [1.54, 1.807) is 24.3 Å². The summed E-state index contributed by atoms with van der Waals surface area (Å²) >= 11 is 1.48. The Morgan fingerprint density at radius 1 is 1.20 bits per heavy atom. The zero-order chi connectivity index (χ0) is 14.7. The van der Waals surface area contributed by atoms with Crippen LogP contribution in [0.4, 0.5) is 5.69 Å². The van der Waals surface area contributed by atoms with Crippen LogP contribution in [0, 0.1) is 13.8 Å². The molecule has 0 saturated carbocycles. The van der Waals surface area contributed by atoms with Gasteiger partial charge in [-0.05, 0) is 38.1 Å². The minimum absolute atomic E-state index is 0.252. The molecule has 0 radical (unpaired) electrons. The van der Waals surface area contributed by atoms with Gasteiger partial charge in [-0.25, -0.2) is 9.78 Å². The van der Waals surface area contributed by atoms with Crippen molar-refractivity contribution in [3.05, 3.63) is 45.4 Å². The molecular formula is C14H14N2O3S. The summed E-state index contributed by atoms with van der Waals surface area (Å²) in [4.78, 5) is 28.4. The largest absolute Gasteiger partial charge is 0.465 e. The van der Waals surface area contributed by atoms with E-state index in [4.69, 9.17) is 0 Å². The van der Waals surface area contributed by atoms with E-state index in [9.17, 15) is 9.59 Å². The highest BCUT2D eigenvalue weighted by atomic mass is 32.1. The van der Waals surface area contributed by atoms with Gasteiger partial charge in [0.05, 0.1) is 17.7 Å². The molecule has 104 valence electrons. The lowest BCUT2D eigenvalue weighted by Crippen LogP contribution is -2.13. The van der Waals surface area contributed by atoms with Crippen molar-refractivity contribution in [2.45, 2.75) is 13.8 Å². The van der Waals surface area contributed by atoms with E-state index in [0.29, 0.717) is 16.9 Å². The van der Waals surface area contributed by atoms with Crippen molar-refractivity contribution in [1.29, 1.82) is 0 Å². The minimum atomic E-state index is -0.408. The first-order valence-electron chi connectivity index (χ1n) is 5.95. The molecule has 2 rings (SSSR count). The minimum Gasteiger partial charge on any atom is -0.465 e. The molecule has 1 N–H and O–H groups in total. The number of aromatic nitrogens is 1. The smallest absolute Gasteiger partial charge is 0.337 e. The lowest BCUT2D eigenvalue weighted by atomic mass is 10.2. The first-order chi connectivity index (χ1) is 9.51. The van der Waals surface area contributed by atoms with Gasteiger partial charge in [0, 0.05) is 10.6 Å². The molecule has 0 aliphatic carbocycles. The van der Waals surface area contributed by atoms with Crippen LogP contribution in [-0.4, -0.2) is 24.0 Å². The molecular weight excluding hydrogens is 276 g/mol. The van der Waals surface area contributed by atoms with Crippen molar-refractivity contribution in [2.24, 2.45) is 0 Å². The number of carbonyl (C=O) groups excluding carboxylic acids is 2. The number of ether oxygens (including phenoxy) is 1. The van der Waals surface area contributed by atoms with Crippen LogP contribution in [0.15, 0.2) is 24.3 Å². The van der Waals surface area contributed by atoms with Crippen molar-refractivity contribution >= 4 is 28.9 Å². The molecule has 0 unspecified atom stereocenters. The quantitative estimate of drug-likeness (QED) is 0.883. The van der Waals surface area contributed by atoms with Gasteiger partial charge in [0.2, 0.25) is 0 Å². The predicted molar refractivity (Wildman–Crippen MR) is 77.3 cm³/mol.